The van der Waals surface area contributed by atoms with Crippen molar-refractivity contribution in [2.24, 2.45) is 0 Å². The van der Waals surface area contributed by atoms with Crippen LogP contribution in [-0.2, 0) is 14.8 Å². The average molecular weight is 314 g/mol. The summed E-state index contributed by atoms with van der Waals surface area (Å²) < 4.78 is 26.5. The second-order valence-electron chi connectivity index (χ2n) is 4.85. The predicted molar refractivity (Wildman–Crippen MR) is 81.5 cm³/mol. The third-order valence-electron chi connectivity index (χ3n) is 2.47. The van der Waals surface area contributed by atoms with Crippen LogP contribution in [0.15, 0.2) is 23.2 Å². The lowest BCUT2D eigenvalue weighted by Crippen LogP contribution is -2.39. The molecule has 1 rings (SSSR count). The van der Waals surface area contributed by atoms with Gasteiger partial charge in [-0.1, -0.05) is 6.92 Å². The summed E-state index contributed by atoms with van der Waals surface area (Å²) in [6.07, 6.45) is 2.33. The Hall–Kier alpha value is -1.67. The minimum absolute atomic E-state index is 0.0345. The van der Waals surface area contributed by atoms with E-state index in [4.69, 9.17) is 0 Å². The average Bonchev–Trinajstić information content (AvgIpc) is 2.43. The molecule has 0 spiro atoms. The topological polar surface area (TPSA) is 100 Å². The minimum atomic E-state index is -3.73. The molecule has 0 saturated carbocycles. The molecule has 8 heteroatoms. The SMILES string of the molecule is CCCNc1cc(S(=O)(=O)NCC(=O)NC(C)C)ccn1. The van der Waals surface area contributed by atoms with Crippen molar-refractivity contribution in [2.45, 2.75) is 38.1 Å². The number of nitrogens with zero attached hydrogens (tertiary/aromatic N) is 1. The summed E-state index contributed by atoms with van der Waals surface area (Å²) in [4.78, 5) is 15.6. The highest BCUT2D eigenvalue weighted by Crippen LogP contribution is 2.12. The minimum Gasteiger partial charge on any atom is -0.370 e. The molecule has 0 bridgehead atoms. The van der Waals surface area contributed by atoms with Crippen molar-refractivity contribution >= 4 is 21.7 Å². The maximum absolute atomic E-state index is 12.1. The molecule has 21 heavy (non-hydrogen) atoms. The molecule has 1 amide bonds. The van der Waals surface area contributed by atoms with Crippen LogP contribution in [0.1, 0.15) is 27.2 Å². The van der Waals surface area contributed by atoms with Crippen molar-refractivity contribution in [2.75, 3.05) is 18.4 Å². The zero-order chi connectivity index (χ0) is 15.9. The standard InChI is InChI=1S/C13H22N4O3S/c1-4-6-14-12-8-11(5-7-15-12)21(19,20)16-9-13(18)17-10(2)3/h5,7-8,10,16H,4,6,9H2,1-3H3,(H,14,15)(H,17,18). The van der Waals surface area contributed by atoms with Crippen LogP contribution in [0.25, 0.3) is 0 Å². The van der Waals surface area contributed by atoms with Gasteiger partial charge in [0.1, 0.15) is 5.82 Å². The molecule has 0 aromatic carbocycles. The van der Waals surface area contributed by atoms with Gasteiger partial charge in [-0.25, -0.2) is 18.1 Å². The maximum atomic E-state index is 12.1. The number of aromatic nitrogens is 1. The number of pyridine rings is 1. The number of carbonyl (C=O) groups excluding carboxylic acids is 1. The van der Waals surface area contributed by atoms with Crippen molar-refractivity contribution in [1.29, 1.82) is 0 Å². The molecular weight excluding hydrogens is 292 g/mol. The van der Waals surface area contributed by atoms with Crippen molar-refractivity contribution in [1.82, 2.24) is 15.0 Å². The summed E-state index contributed by atoms with van der Waals surface area (Å²) in [5.74, 6) is 0.123. The fraction of sp³-hybridized carbons (Fsp3) is 0.538. The molecule has 1 aromatic heterocycles. The lowest BCUT2D eigenvalue weighted by atomic mass is 10.4. The summed E-state index contributed by atoms with van der Waals surface area (Å²) in [6, 6.07) is 2.80. The van der Waals surface area contributed by atoms with Gasteiger partial charge in [0.15, 0.2) is 0 Å². The molecule has 1 heterocycles. The van der Waals surface area contributed by atoms with Crippen molar-refractivity contribution in [3.8, 4) is 0 Å². The summed E-state index contributed by atoms with van der Waals surface area (Å²) in [5, 5.41) is 5.63. The van der Waals surface area contributed by atoms with Gasteiger partial charge in [0.25, 0.3) is 0 Å². The Bertz CT molecular complexity index is 573. The number of sulfonamides is 1. The third-order valence-corrected chi connectivity index (χ3v) is 3.87. The quantitative estimate of drug-likeness (QED) is 0.656. The second kappa shape index (κ2) is 7.94. The first-order valence-corrected chi connectivity index (χ1v) is 8.32. The van der Waals surface area contributed by atoms with Gasteiger partial charge in [-0.3, -0.25) is 4.79 Å². The summed E-state index contributed by atoms with van der Waals surface area (Å²) in [5.41, 5.74) is 0. The molecule has 0 saturated heterocycles. The molecule has 0 unspecified atom stereocenters. The van der Waals surface area contributed by atoms with Gasteiger partial charge in [0.2, 0.25) is 15.9 Å². The molecule has 0 atom stereocenters. The first-order chi connectivity index (χ1) is 9.85. The highest BCUT2D eigenvalue weighted by molar-refractivity contribution is 7.89. The van der Waals surface area contributed by atoms with Gasteiger partial charge in [-0.15, -0.1) is 0 Å². The highest BCUT2D eigenvalue weighted by Gasteiger charge is 2.16. The lowest BCUT2D eigenvalue weighted by molar-refractivity contribution is -0.120. The van der Waals surface area contributed by atoms with Gasteiger partial charge >= 0.3 is 0 Å². The summed E-state index contributed by atoms with van der Waals surface area (Å²) >= 11 is 0. The van der Waals surface area contributed by atoms with Crippen LogP contribution in [0.5, 0.6) is 0 Å². The van der Waals surface area contributed by atoms with E-state index in [0.29, 0.717) is 12.4 Å². The number of hydrogen-bond donors (Lipinski definition) is 3. The first-order valence-electron chi connectivity index (χ1n) is 6.84. The molecule has 3 N–H and O–H groups in total. The molecule has 118 valence electrons. The molecule has 7 nitrogen and oxygen atoms in total. The van der Waals surface area contributed by atoms with Crippen LogP contribution in [0.3, 0.4) is 0 Å². The van der Waals surface area contributed by atoms with E-state index in [-0.39, 0.29) is 23.4 Å². The fourth-order valence-corrected chi connectivity index (χ4v) is 2.54. The van der Waals surface area contributed by atoms with Crippen LogP contribution in [-0.4, -0.2) is 38.4 Å². The van der Waals surface area contributed by atoms with E-state index in [1.54, 1.807) is 13.8 Å². The van der Waals surface area contributed by atoms with E-state index < -0.39 is 10.0 Å². The molecule has 0 fully saturated rings. The maximum Gasteiger partial charge on any atom is 0.241 e. The van der Waals surface area contributed by atoms with Crippen molar-refractivity contribution in [3.63, 3.8) is 0 Å². The molecule has 0 aliphatic carbocycles. The molecule has 0 radical (unpaired) electrons. The molecule has 1 aromatic rings. The highest BCUT2D eigenvalue weighted by atomic mass is 32.2. The van der Waals surface area contributed by atoms with Gasteiger partial charge in [-0.2, -0.15) is 0 Å². The van der Waals surface area contributed by atoms with Crippen molar-refractivity contribution in [3.05, 3.63) is 18.3 Å². The van der Waals surface area contributed by atoms with Crippen LogP contribution < -0.4 is 15.4 Å². The third kappa shape index (κ3) is 6.09. The van der Waals surface area contributed by atoms with Gasteiger partial charge in [-0.05, 0) is 26.3 Å². The van der Waals surface area contributed by atoms with Gasteiger partial charge < -0.3 is 10.6 Å². The Morgan fingerprint density at radius 1 is 1.38 bits per heavy atom. The van der Waals surface area contributed by atoms with E-state index in [1.165, 1.54) is 18.3 Å². The Labute approximate surface area is 125 Å². The number of nitrogens with one attached hydrogen (secondary N) is 3. The zero-order valence-electron chi connectivity index (χ0n) is 12.5. The van der Waals surface area contributed by atoms with E-state index in [1.807, 2.05) is 6.92 Å². The Balaban J connectivity index is 2.71. The van der Waals surface area contributed by atoms with Crippen LogP contribution in [0.4, 0.5) is 5.82 Å². The largest absolute Gasteiger partial charge is 0.370 e. The van der Waals surface area contributed by atoms with Crippen LogP contribution >= 0.6 is 0 Å². The predicted octanol–water partition coefficient (Wildman–Crippen LogP) is 0.706. The van der Waals surface area contributed by atoms with Gasteiger partial charge in [0.05, 0.1) is 11.4 Å². The van der Waals surface area contributed by atoms with Gasteiger partial charge in [0, 0.05) is 24.8 Å². The zero-order valence-corrected chi connectivity index (χ0v) is 13.3. The monoisotopic (exact) mass is 314 g/mol. The Kier molecular flexibility index (Phi) is 6.57. The fourth-order valence-electron chi connectivity index (χ4n) is 1.54. The van der Waals surface area contributed by atoms with E-state index in [2.05, 4.69) is 20.3 Å². The van der Waals surface area contributed by atoms with Crippen LogP contribution in [0, 0.1) is 0 Å². The van der Waals surface area contributed by atoms with Crippen molar-refractivity contribution < 1.29 is 13.2 Å². The lowest BCUT2D eigenvalue weighted by Gasteiger charge is -2.10. The number of hydrogen-bond acceptors (Lipinski definition) is 5. The Morgan fingerprint density at radius 2 is 2.10 bits per heavy atom. The molecule has 0 aliphatic rings. The Morgan fingerprint density at radius 3 is 2.71 bits per heavy atom. The molecule has 0 aliphatic heterocycles. The second-order valence-corrected chi connectivity index (χ2v) is 6.62. The number of carbonyl (C=O) groups is 1. The normalized spacial score (nSPS) is 11.4. The number of rotatable bonds is 8. The smallest absolute Gasteiger partial charge is 0.241 e. The summed E-state index contributed by atoms with van der Waals surface area (Å²) in [6.45, 7) is 6.03. The van der Waals surface area contributed by atoms with E-state index in [9.17, 15) is 13.2 Å². The molecular formula is C13H22N4O3S. The number of amides is 1. The number of anilines is 1. The first kappa shape index (κ1) is 17.4. The van der Waals surface area contributed by atoms with Crippen LogP contribution in [0.2, 0.25) is 0 Å². The van der Waals surface area contributed by atoms with E-state index in [0.717, 1.165) is 6.42 Å². The summed E-state index contributed by atoms with van der Waals surface area (Å²) in [7, 11) is -3.73. The van der Waals surface area contributed by atoms with E-state index >= 15 is 0 Å².